The summed E-state index contributed by atoms with van der Waals surface area (Å²) in [5.74, 6) is 1.47. The van der Waals surface area contributed by atoms with E-state index in [4.69, 9.17) is 9.52 Å². The third-order valence-corrected chi connectivity index (χ3v) is 4.45. The first-order valence-corrected chi connectivity index (χ1v) is 8.07. The molecule has 0 unspecified atom stereocenters. The summed E-state index contributed by atoms with van der Waals surface area (Å²) in [7, 11) is -3.52. The molecule has 0 amide bonds. The number of aliphatic hydroxyl groups is 1. The molecule has 5 nitrogen and oxygen atoms in total. The van der Waals surface area contributed by atoms with Gasteiger partial charge in [-0.25, -0.2) is 13.1 Å². The highest BCUT2D eigenvalue weighted by molar-refractivity contribution is 7.98. The highest BCUT2D eigenvalue weighted by atomic mass is 32.2. The molecule has 0 aliphatic rings. The molecule has 1 rings (SSSR count). The Morgan fingerprint density at radius 1 is 1.53 bits per heavy atom. The van der Waals surface area contributed by atoms with Gasteiger partial charge in [-0.2, -0.15) is 11.8 Å². The molecule has 17 heavy (non-hydrogen) atoms. The zero-order valence-corrected chi connectivity index (χ0v) is 11.5. The predicted molar refractivity (Wildman–Crippen MR) is 67.6 cm³/mol. The van der Waals surface area contributed by atoms with Crippen molar-refractivity contribution in [3.63, 3.8) is 0 Å². The highest BCUT2D eigenvalue weighted by Crippen LogP contribution is 2.19. The van der Waals surface area contributed by atoms with Crippen molar-refractivity contribution in [3.05, 3.63) is 17.6 Å². The van der Waals surface area contributed by atoms with Crippen LogP contribution in [0.25, 0.3) is 0 Å². The molecule has 0 aliphatic carbocycles. The fourth-order valence-electron chi connectivity index (χ4n) is 1.37. The Morgan fingerprint density at radius 2 is 2.24 bits per heavy atom. The summed E-state index contributed by atoms with van der Waals surface area (Å²) in [6.45, 7) is 1.67. The van der Waals surface area contributed by atoms with E-state index in [1.807, 2.05) is 6.26 Å². The van der Waals surface area contributed by atoms with Crippen molar-refractivity contribution in [2.45, 2.75) is 24.8 Å². The number of sulfonamides is 1. The van der Waals surface area contributed by atoms with Crippen LogP contribution in [0.2, 0.25) is 0 Å². The van der Waals surface area contributed by atoms with E-state index in [9.17, 15) is 8.42 Å². The van der Waals surface area contributed by atoms with Gasteiger partial charge in [0.1, 0.15) is 23.0 Å². The fourth-order valence-corrected chi connectivity index (χ4v) is 3.08. The number of thioether (sulfide) groups is 1. The van der Waals surface area contributed by atoms with Crippen LogP contribution in [-0.2, 0) is 16.6 Å². The third kappa shape index (κ3) is 4.02. The van der Waals surface area contributed by atoms with Crippen LogP contribution in [0.5, 0.6) is 0 Å². The Morgan fingerprint density at radius 3 is 2.76 bits per heavy atom. The van der Waals surface area contributed by atoms with Gasteiger partial charge in [-0.15, -0.1) is 0 Å². The Kier molecular flexibility index (Phi) is 5.51. The Labute approximate surface area is 106 Å². The van der Waals surface area contributed by atoms with Crippen LogP contribution in [0, 0.1) is 6.92 Å². The first-order valence-electron chi connectivity index (χ1n) is 5.20. The van der Waals surface area contributed by atoms with Crippen LogP contribution < -0.4 is 4.72 Å². The number of aliphatic hydroxyl groups excluding tert-OH is 1. The molecule has 0 fully saturated rings. The molecule has 0 radical (unpaired) electrons. The molecule has 0 saturated carbocycles. The summed E-state index contributed by atoms with van der Waals surface area (Å²) in [6, 6.07) is 1.35. The van der Waals surface area contributed by atoms with Crippen LogP contribution in [-0.4, -0.2) is 32.1 Å². The number of nitrogens with one attached hydrogen (secondary N) is 1. The van der Waals surface area contributed by atoms with Crippen molar-refractivity contribution in [2.24, 2.45) is 0 Å². The first-order chi connectivity index (χ1) is 8.01. The van der Waals surface area contributed by atoms with E-state index in [-0.39, 0.29) is 17.3 Å². The minimum Gasteiger partial charge on any atom is -0.462 e. The molecule has 1 aromatic heterocycles. The zero-order valence-electron chi connectivity index (χ0n) is 9.89. The van der Waals surface area contributed by atoms with Gasteiger partial charge in [0, 0.05) is 12.6 Å². The molecular weight excluding hydrogens is 262 g/mol. The van der Waals surface area contributed by atoms with Crippen LogP contribution in [0.4, 0.5) is 0 Å². The summed E-state index contributed by atoms with van der Waals surface area (Å²) in [5.41, 5.74) is 0. The molecule has 7 heteroatoms. The van der Waals surface area contributed by atoms with Crippen molar-refractivity contribution in [1.82, 2.24) is 4.72 Å². The van der Waals surface area contributed by atoms with E-state index < -0.39 is 10.0 Å². The standard InChI is InChI=1S/C10H17NO4S2/c1-8-10(6-9(7-12)15-8)17(13,14)11-4-3-5-16-2/h6,11-12H,3-5,7H2,1-2H3. The lowest BCUT2D eigenvalue weighted by molar-refractivity contribution is 0.244. The maximum Gasteiger partial charge on any atom is 0.244 e. The van der Waals surface area contributed by atoms with E-state index >= 15 is 0 Å². The van der Waals surface area contributed by atoms with E-state index in [1.54, 1.807) is 18.7 Å². The van der Waals surface area contributed by atoms with Crippen molar-refractivity contribution in [2.75, 3.05) is 18.6 Å². The normalized spacial score (nSPS) is 11.9. The van der Waals surface area contributed by atoms with Crippen molar-refractivity contribution < 1.29 is 17.9 Å². The van der Waals surface area contributed by atoms with Gasteiger partial charge in [0.05, 0.1) is 0 Å². The molecule has 0 bridgehead atoms. The van der Waals surface area contributed by atoms with E-state index in [1.165, 1.54) is 6.07 Å². The van der Waals surface area contributed by atoms with Crippen LogP contribution in [0.3, 0.4) is 0 Å². The Bertz CT molecular complexity index is 453. The second-order valence-electron chi connectivity index (χ2n) is 3.54. The van der Waals surface area contributed by atoms with Crippen LogP contribution in [0.1, 0.15) is 17.9 Å². The first kappa shape index (κ1) is 14.6. The largest absolute Gasteiger partial charge is 0.462 e. The number of rotatable bonds is 7. The minimum atomic E-state index is -3.52. The summed E-state index contributed by atoms with van der Waals surface area (Å²) in [5, 5.41) is 8.88. The van der Waals surface area contributed by atoms with Gasteiger partial charge < -0.3 is 9.52 Å². The van der Waals surface area contributed by atoms with Gasteiger partial charge in [0.2, 0.25) is 10.0 Å². The number of hydrogen-bond acceptors (Lipinski definition) is 5. The predicted octanol–water partition coefficient (Wildman–Crippen LogP) is 1.11. The lowest BCUT2D eigenvalue weighted by Crippen LogP contribution is -2.25. The SMILES string of the molecule is CSCCCNS(=O)(=O)c1cc(CO)oc1C. The summed E-state index contributed by atoms with van der Waals surface area (Å²) >= 11 is 1.67. The third-order valence-electron chi connectivity index (χ3n) is 2.19. The number of aryl methyl sites for hydroxylation is 1. The summed E-state index contributed by atoms with van der Waals surface area (Å²) in [4.78, 5) is 0.103. The molecule has 98 valence electrons. The molecule has 0 aliphatic heterocycles. The van der Waals surface area contributed by atoms with Crippen LogP contribution in [0.15, 0.2) is 15.4 Å². The molecule has 1 heterocycles. The topological polar surface area (TPSA) is 79.5 Å². The van der Waals surface area contributed by atoms with Gasteiger partial charge in [-0.3, -0.25) is 0 Å². The molecule has 2 N–H and O–H groups in total. The maximum atomic E-state index is 11.9. The van der Waals surface area contributed by atoms with E-state index in [2.05, 4.69) is 4.72 Å². The lowest BCUT2D eigenvalue weighted by atomic mass is 10.4. The molecule has 0 saturated heterocycles. The molecule has 1 aromatic rings. The van der Waals surface area contributed by atoms with Gasteiger partial charge in [0.25, 0.3) is 0 Å². The number of furan rings is 1. The second-order valence-corrected chi connectivity index (χ2v) is 6.26. The highest BCUT2D eigenvalue weighted by Gasteiger charge is 2.20. The van der Waals surface area contributed by atoms with E-state index in [0.29, 0.717) is 12.3 Å². The van der Waals surface area contributed by atoms with E-state index in [0.717, 1.165) is 12.2 Å². The number of hydrogen-bond donors (Lipinski definition) is 2. The molecule has 0 aromatic carbocycles. The zero-order chi connectivity index (χ0) is 12.9. The average Bonchev–Trinajstić information content (AvgIpc) is 2.67. The quantitative estimate of drug-likeness (QED) is 0.731. The summed E-state index contributed by atoms with van der Waals surface area (Å²) in [6.07, 6.45) is 2.76. The Balaban J connectivity index is 2.72. The minimum absolute atomic E-state index is 0.103. The average molecular weight is 279 g/mol. The van der Waals surface area contributed by atoms with Crippen LogP contribution >= 0.6 is 11.8 Å². The Hall–Kier alpha value is -0.500. The maximum absolute atomic E-state index is 11.9. The van der Waals surface area contributed by atoms with Gasteiger partial charge >= 0.3 is 0 Å². The molecular formula is C10H17NO4S2. The van der Waals surface area contributed by atoms with Crippen molar-refractivity contribution in [1.29, 1.82) is 0 Å². The van der Waals surface area contributed by atoms with Gasteiger partial charge in [0.15, 0.2) is 0 Å². The smallest absolute Gasteiger partial charge is 0.244 e. The van der Waals surface area contributed by atoms with Crippen molar-refractivity contribution >= 4 is 21.8 Å². The lowest BCUT2D eigenvalue weighted by Gasteiger charge is -2.04. The van der Waals surface area contributed by atoms with Crippen molar-refractivity contribution in [3.8, 4) is 0 Å². The summed E-state index contributed by atoms with van der Waals surface area (Å²) < 4.78 is 31.4. The van der Waals surface area contributed by atoms with Gasteiger partial charge in [-0.05, 0) is 25.4 Å². The fraction of sp³-hybridized carbons (Fsp3) is 0.600. The second kappa shape index (κ2) is 6.44. The molecule has 0 atom stereocenters. The monoisotopic (exact) mass is 279 g/mol. The van der Waals surface area contributed by atoms with Gasteiger partial charge in [-0.1, -0.05) is 0 Å². The molecule has 0 spiro atoms.